The van der Waals surface area contributed by atoms with E-state index in [4.69, 9.17) is 4.42 Å². The normalized spacial score (nSPS) is 15.2. The number of aliphatic hydroxyl groups excluding tert-OH is 2. The highest BCUT2D eigenvalue weighted by Crippen LogP contribution is 2.26. The van der Waals surface area contributed by atoms with E-state index in [1.165, 1.54) is 0 Å². The third-order valence-electron chi connectivity index (χ3n) is 2.68. The molecule has 2 unspecified atom stereocenters. The van der Waals surface area contributed by atoms with Crippen molar-refractivity contribution >= 4 is 11.0 Å². The SMILES string of the molecule is CCCC(O)C(O)c1cc2ccccc2o1. The van der Waals surface area contributed by atoms with Crippen molar-refractivity contribution in [1.29, 1.82) is 0 Å². The van der Waals surface area contributed by atoms with E-state index < -0.39 is 12.2 Å². The fourth-order valence-corrected chi connectivity index (χ4v) is 1.79. The Labute approximate surface area is 94.3 Å². The quantitative estimate of drug-likeness (QED) is 0.832. The molecule has 2 atom stereocenters. The molecule has 0 aliphatic carbocycles. The highest BCUT2D eigenvalue weighted by atomic mass is 16.4. The summed E-state index contributed by atoms with van der Waals surface area (Å²) in [5.41, 5.74) is 0.736. The zero-order chi connectivity index (χ0) is 11.5. The Morgan fingerprint density at radius 2 is 2.00 bits per heavy atom. The minimum atomic E-state index is -0.938. The predicted molar refractivity (Wildman–Crippen MR) is 62.1 cm³/mol. The molecule has 2 N–H and O–H groups in total. The highest BCUT2D eigenvalue weighted by Gasteiger charge is 2.21. The molecule has 1 aromatic carbocycles. The zero-order valence-corrected chi connectivity index (χ0v) is 9.26. The van der Waals surface area contributed by atoms with Crippen LogP contribution in [0.4, 0.5) is 0 Å². The van der Waals surface area contributed by atoms with Gasteiger partial charge < -0.3 is 14.6 Å². The maximum absolute atomic E-state index is 9.88. The van der Waals surface area contributed by atoms with Crippen LogP contribution in [0, 0.1) is 0 Å². The van der Waals surface area contributed by atoms with Crippen molar-refractivity contribution in [2.45, 2.75) is 32.0 Å². The first kappa shape index (κ1) is 11.2. The summed E-state index contributed by atoms with van der Waals surface area (Å²) < 4.78 is 5.49. The number of fused-ring (bicyclic) bond motifs is 1. The first-order valence-electron chi connectivity index (χ1n) is 5.57. The number of para-hydroxylation sites is 1. The second-order valence-electron chi connectivity index (χ2n) is 3.99. The molecule has 0 bridgehead atoms. The molecule has 1 heterocycles. The Morgan fingerprint density at radius 1 is 1.25 bits per heavy atom. The van der Waals surface area contributed by atoms with Crippen LogP contribution in [0.5, 0.6) is 0 Å². The van der Waals surface area contributed by atoms with Crippen LogP contribution in [0.25, 0.3) is 11.0 Å². The molecule has 3 nitrogen and oxygen atoms in total. The van der Waals surface area contributed by atoms with Gasteiger partial charge in [0.15, 0.2) is 0 Å². The summed E-state index contributed by atoms with van der Waals surface area (Å²) in [6.45, 7) is 1.97. The van der Waals surface area contributed by atoms with Gasteiger partial charge >= 0.3 is 0 Å². The van der Waals surface area contributed by atoms with Gasteiger partial charge in [0.25, 0.3) is 0 Å². The predicted octanol–water partition coefficient (Wildman–Crippen LogP) is 2.63. The average Bonchev–Trinajstić information content (AvgIpc) is 2.71. The molecule has 3 heteroatoms. The van der Waals surface area contributed by atoms with Crippen molar-refractivity contribution in [3.05, 3.63) is 36.1 Å². The van der Waals surface area contributed by atoms with Crippen molar-refractivity contribution in [1.82, 2.24) is 0 Å². The molecular formula is C13H16O3. The van der Waals surface area contributed by atoms with Crippen LogP contribution >= 0.6 is 0 Å². The lowest BCUT2D eigenvalue weighted by Gasteiger charge is -2.14. The van der Waals surface area contributed by atoms with Gasteiger partial charge in [0, 0.05) is 5.39 Å². The molecule has 2 rings (SSSR count). The van der Waals surface area contributed by atoms with E-state index in [9.17, 15) is 10.2 Å². The first-order valence-corrected chi connectivity index (χ1v) is 5.57. The van der Waals surface area contributed by atoms with E-state index in [-0.39, 0.29) is 0 Å². The van der Waals surface area contributed by atoms with Crippen LogP contribution in [0.1, 0.15) is 31.6 Å². The van der Waals surface area contributed by atoms with Crippen molar-refractivity contribution in [2.24, 2.45) is 0 Å². The molecule has 0 aliphatic rings. The van der Waals surface area contributed by atoms with Crippen molar-refractivity contribution < 1.29 is 14.6 Å². The minimum absolute atomic E-state index is 0.433. The topological polar surface area (TPSA) is 53.6 Å². The number of aliphatic hydroxyl groups is 2. The van der Waals surface area contributed by atoms with Gasteiger partial charge in [-0.25, -0.2) is 0 Å². The summed E-state index contributed by atoms with van der Waals surface area (Å²) >= 11 is 0. The van der Waals surface area contributed by atoms with Crippen LogP contribution in [-0.2, 0) is 0 Å². The molecule has 0 fully saturated rings. The summed E-state index contributed by atoms with van der Waals surface area (Å²) in [7, 11) is 0. The molecule has 2 aromatic rings. The second kappa shape index (κ2) is 4.68. The minimum Gasteiger partial charge on any atom is -0.458 e. The Bertz CT molecular complexity index is 428. The van der Waals surface area contributed by atoms with E-state index in [0.717, 1.165) is 17.4 Å². The Morgan fingerprint density at radius 3 is 2.69 bits per heavy atom. The fourth-order valence-electron chi connectivity index (χ4n) is 1.79. The summed E-state index contributed by atoms with van der Waals surface area (Å²) in [5.74, 6) is 0.433. The summed E-state index contributed by atoms with van der Waals surface area (Å²) in [6.07, 6.45) is -0.297. The van der Waals surface area contributed by atoms with Gasteiger partial charge in [0.1, 0.15) is 17.4 Å². The van der Waals surface area contributed by atoms with Crippen LogP contribution in [0.15, 0.2) is 34.7 Å². The summed E-state index contributed by atoms with van der Waals surface area (Å²) in [6, 6.07) is 9.33. The highest BCUT2D eigenvalue weighted by molar-refractivity contribution is 5.77. The van der Waals surface area contributed by atoms with Gasteiger partial charge in [-0.2, -0.15) is 0 Å². The van der Waals surface area contributed by atoms with E-state index in [1.807, 2.05) is 31.2 Å². The third-order valence-corrected chi connectivity index (χ3v) is 2.68. The van der Waals surface area contributed by atoms with Crippen LogP contribution in [0.3, 0.4) is 0 Å². The molecular weight excluding hydrogens is 204 g/mol. The van der Waals surface area contributed by atoms with E-state index in [1.54, 1.807) is 6.07 Å². The lowest BCUT2D eigenvalue weighted by molar-refractivity contribution is 0.00151. The van der Waals surface area contributed by atoms with Gasteiger partial charge in [-0.1, -0.05) is 31.5 Å². The van der Waals surface area contributed by atoms with E-state index >= 15 is 0 Å². The van der Waals surface area contributed by atoms with Gasteiger partial charge in [0.05, 0.1) is 6.10 Å². The second-order valence-corrected chi connectivity index (χ2v) is 3.99. The number of rotatable bonds is 4. The number of benzene rings is 1. The molecule has 0 amide bonds. The van der Waals surface area contributed by atoms with Crippen LogP contribution in [-0.4, -0.2) is 16.3 Å². The molecule has 1 aromatic heterocycles. The summed E-state index contributed by atoms with van der Waals surface area (Å²) in [4.78, 5) is 0. The van der Waals surface area contributed by atoms with Gasteiger partial charge in [-0.15, -0.1) is 0 Å². The fraction of sp³-hybridized carbons (Fsp3) is 0.385. The Balaban J connectivity index is 2.26. The first-order chi connectivity index (χ1) is 7.72. The van der Waals surface area contributed by atoms with E-state index in [0.29, 0.717) is 12.2 Å². The number of hydrogen-bond acceptors (Lipinski definition) is 3. The van der Waals surface area contributed by atoms with Gasteiger partial charge in [0.2, 0.25) is 0 Å². The number of furan rings is 1. The van der Waals surface area contributed by atoms with Gasteiger partial charge in [-0.05, 0) is 18.6 Å². The van der Waals surface area contributed by atoms with Crippen LogP contribution in [0.2, 0.25) is 0 Å². The zero-order valence-electron chi connectivity index (χ0n) is 9.26. The van der Waals surface area contributed by atoms with Crippen molar-refractivity contribution in [3.8, 4) is 0 Å². The Hall–Kier alpha value is -1.32. The van der Waals surface area contributed by atoms with Gasteiger partial charge in [-0.3, -0.25) is 0 Å². The molecule has 0 saturated heterocycles. The van der Waals surface area contributed by atoms with E-state index in [2.05, 4.69) is 0 Å². The van der Waals surface area contributed by atoms with Crippen molar-refractivity contribution in [2.75, 3.05) is 0 Å². The lowest BCUT2D eigenvalue weighted by atomic mass is 10.1. The maximum atomic E-state index is 9.88. The standard InChI is InChI=1S/C13H16O3/c1-2-5-10(14)13(15)12-8-9-6-3-4-7-11(9)16-12/h3-4,6-8,10,13-15H,2,5H2,1H3. The molecule has 16 heavy (non-hydrogen) atoms. The maximum Gasteiger partial charge on any atom is 0.137 e. The molecule has 0 saturated carbocycles. The van der Waals surface area contributed by atoms with Crippen molar-refractivity contribution in [3.63, 3.8) is 0 Å². The lowest BCUT2D eigenvalue weighted by Crippen LogP contribution is -2.17. The molecule has 0 radical (unpaired) electrons. The molecule has 0 spiro atoms. The number of hydrogen-bond donors (Lipinski definition) is 2. The molecule has 0 aliphatic heterocycles. The largest absolute Gasteiger partial charge is 0.458 e. The molecule has 86 valence electrons. The van der Waals surface area contributed by atoms with Crippen LogP contribution < -0.4 is 0 Å². The smallest absolute Gasteiger partial charge is 0.137 e. The Kier molecular flexibility index (Phi) is 3.27. The summed E-state index contributed by atoms with van der Waals surface area (Å²) in [5, 5.41) is 20.5. The monoisotopic (exact) mass is 220 g/mol. The average molecular weight is 220 g/mol. The third kappa shape index (κ3) is 2.10.